The van der Waals surface area contributed by atoms with Crippen LogP contribution in [0.1, 0.15) is 27.7 Å². The highest BCUT2D eigenvalue weighted by atomic mass is 28.4. The number of hydrogen-bond acceptors (Lipinski definition) is 6. The van der Waals surface area contributed by atoms with E-state index in [0.717, 1.165) is 0 Å². The summed E-state index contributed by atoms with van der Waals surface area (Å²) in [6.07, 6.45) is 1.50. The molecule has 138 valence electrons. The number of fused-ring (bicyclic) bond motifs is 1. The van der Waals surface area contributed by atoms with Crippen molar-refractivity contribution in [1.29, 1.82) is 0 Å². The monoisotopic (exact) mass is 357 g/mol. The molecule has 0 saturated carbocycles. The second kappa shape index (κ2) is 5.87. The maximum absolute atomic E-state index is 6.41. The van der Waals surface area contributed by atoms with Gasteiger partial charge in [0.2, 0.25) is 8.32 Å². The molecule has 3 rings (SSSR count). The molecule has 5 atom stereocenters. The lowest BCUT2D eigenvalue weighted by molar-refractivity contribution is -0.220. The van der Waals surface area contributed by atoms with E-state index in [2.05, 4.69) is 26.2 Å². The fraction of sp³-hybridized carbons (Fsp3) is 0.882. The van der Waals surface area contributed by atoms with Gasteiger partial charge in [-0.2, -0.15) is 5.06 Å². The molecule has 0 spiro atoms. The van der Waals surface area contributed by atoms with Crippen LogP contribution in [0.3, 0.4) is 0 Å². The summed E-state index contributed by atoms with van der Waals surface area (Å²) in [6.45, 7) is 18.8. The first-order valence-electron chi connectivity index (χ1n) is 8.70. The molecule has 3 heterocycles. The predicted octanol–water partition coefficient (Wildman–Crippen LogP) is 2.66. The number of rotatable bonds is 4. The van der Waals surface area contributed by atoms with Crippen LogP contribution in [0.5, 0.6) is 0 Å². The molecule has 3 fully saturated rings. The van der Waals surface area contributed by atoms with Crippen LogP contribution in [0.2, 0.25) is 19.6 Å². The molecule has 0 aromatic carbocycles. The van der Waals surface area contributed by atoms with Crippen LogP contribution in [0.4, 0.5) is 0 Å². The second-order valence-corrected chi connectivity index (χ2v) is 13.1. The highest BCUT2D eigenvalue weighted by molar-refractivity contribution is 6.69. The number of nitrogens with zero attached hydrogens (tertiary/aromatic N) is 1. The normalized spacial score (nSPS) is 41.5. The molecule has 3 aliphatic rings. The zero-order valence-corrected chi connectivity index (χ0v) is 16.9. The third kappa shape index (κ3) is 3.48. The van der Waals surface area contributed by atoms with Crippen molar-refractivity contribution in [2.75, 3.05) is 6.61 Å². The Balaban J connectivity index is 1.92. The summed E-state index contributed by atoms with van der Waals surface area (Å²) in [5, 5.41) is 2.01. The Morgan fingerprint density at radius 3 is 2.17 bits per heavy atom. The van der Waals surface area contributed by atoms with Crippen LogP contribution in [-0.4, -0.2) is 62.0 Å². The average molecular weight is 358 g/mol. The van der Waals surface area contributed by atoms with Gasteiger partial charge in [-0.1, -0.05) is 6.08 Å². The van der Waals surface area contributed by atoms with Crippen molar-refractivity contribution < 1.29 is 23.5 Å². The summed E-state index contributed by atoms with van der Waals surface area (Å²) in [5.41, 5.74) is 0. The van der Waals surface area contributed by atoms with Gasteiger partial charge in [0.15, 0.2) is 11.6 Å². The molecule has 3 aliphatic heterocycles. The van der Waals surface area contributed by atoms with E-state index in [1.165, 1.54) is 0 Å². The SMILES string of the molecule is C=C[C@@H]1[C@H]2OC(C)(C)O[C@H]2[C@H]([C@@H]2COC(C)(C)O2)N1O[Si](C)(C)C. The Labute approximate surface area is 146 Å². The Morgan fingerprint density at radius 1 is 1.04 bits per heavy atom. The maximum Gasteiger partial charge on any atom is 0.212 e. The fourth-order valence-corrected chi connectivity index (χ4v) is 4.64. The van der Waals surface area contributed by atoms with Crippen LogP contribution in [0, 0.1) is 0 Å². The smallest absolute Gasteiger partial charge is 0.212 e. The zero-order chi connectivity index (χ0) is 17.9. The minimum absolute atomic E-state index is 0.0687. The van der Waals surface area contributed by atoms with E-state index >= 15 is 0 Å². The minimum Gasteiger partial charge on any atom is -0.348 e. The van der Waals surface area contributed by atoms with Gasteiger partial charge in [0.25, 0.3) is 0 Å². The van der Waals surface area contributed by atoms with Gasteiger partial charge in [-0.25, -0.2) is 0 Å². The number of ether oxygens (including phenoxy) is 4. The van der Waals surface area contributed by atoms with Crippen molar-refractivity contribution in [3.8, 4) is 0 Å². The van der Waals surface area contributed by atoms with Crippen LogP contribution >= 0.6 is 0 Å². The van der Waals surface area contributed by atoms with Crippen molar-refractivity contribution in [2.24, 2.45) is 0 Å². The van der Waals surface area contributed by atoms with Crippen molar-refractivity contribution in [2.45, 2.75) is 89.3 Å². The Hall–Kier alpha value is -0.283. The van der Waals surface area contributed by atoms with Crippen LogP contribution in [0.25, 0.3) is 0 Å². The Kier molecular flexibility index (Phi) is 4.53. The van der Waals surface area contributed by atoms with Crippen molar-refractivity contribution in [3.05, 3.63) is 12.7 Å². The lowest BCUT2D eigenvalue weighted by Crippen LogP contribution is -2.52. The van der Waals surface area contributed by atoms with Gasteiger partial charge in [-0.05, 0) is 47.3 Å². The topological polar surface area (TPSA) is 49.4 Å². The first-order chi connectivity index (χ1) is 10.9. The molecule has 0 aliphatic carbocycles. The van der Waals surface area contributed by atoms with Gasteiger partial charge in [-0.15, -0.1) is 6.58 Å². The first kappa shape index (κ1) is 18.5. The largest absolute Gasteiger partial charge is 0.348 e. The molecule has 0 radical (unpaired) electrons. The van der Waals surface area contributed by atoms with Crippen molar-refractivity contribution in [3.63, 3.8) is 0 Å². The highest BCUT2D eigenvalue weighted by Gasteiger charge is 2.61. The molecular formula is C17H31NO5Si. The lowest BCUT2D eigenvalue weighted by atomic mass is 10.0. The van der Waals surface area contributed by atoms with E-state index in [0.29, 0.717) is 6.61 Å². The number of hydroxylamine groups is 2. The van der Waals surface area contributed by atoms with E-state index in [4.69, 9.17) is 23.5 Å². The van der Waals surface area contributed by atoms with E-state index in [-0.39, 0.29) is 30.4 Å². The third-order valence-electron chi connectivity index (χ3n) is 4.46. The molecule has 0 bridgehead atoms. The second-order valence-electron chi connectivity index (χ2n) is 8.71. The van der Waals surface area contributed by atoms with Gasteiger partial charge in [0.1, 0.15) is 18.3 Å². The molecule has 0 unspecified atom stereocenters. The highest BCUT2D eigenvalue weighted by Crippen LogP contribution is 2.44. The standard InChI is InChI=1S/C17H31NO5Si/c1-9-11-14-15(22-17(4,5)21-14)13(18(11)23-24(6,7)8)12-10-19-16(2,3)20-12/h9,11-15H,1,10H2,2-8H3/t11-,12+,13+,14-,15+/m1/s1. The molecule has 0 amide bonds. The summed E-state index contributed by atoms with van der Waals surface area (Å²) >= 11 is 0. The van der Waals surface area contributed by atoms with Gasteiger partial charge in [0, 0.05) is 0 Å². The summed E-state index contributed by atoms with van der Waals surface area (Å²) < 4.78 is 30.7. The molecular weight excluding hydrogens is 326 g/mol. The van der Waals surface area contributed by atoms with E-state index in [1.54, 1.807) is 0 Å². The van der Waals surface area contributed by atoms with Gasteiger partial charge >= 0.3 is 0 Å². The molecule has 24 heavy (non-hydrogen) atoms. The van der Waals surface area contributed by atoms with Crippen LogP contribution in [0.15, 0.2) is 12.7 Å². The number of hydrogen-bond donors (Lipinski definition) is 0. The summed E-state index contributed by atoms with van der Waals surface area (Å²) in [6, 6.07) is -0.158. The molecule has 6 nitrogen and oxygen atoms in total. The summed E-state index contributed by atoms with van der Waals surface area (Å²) in [4.78, 5) is 0. The molecule has 3 saturated heterocycles. The molecule has 0 aromatic rings. The van der Waals surface area contributed by atoms with Gasteiger partial charge < -0.3 is 23.5 Å². The van der Waals surface area contributed by atoms with E-state index < -0.39 is 19.9 Å². The Morgan fingerprint density at radius 2 is 1.67 bits per heavy atom. The predicted molar refractivity (Wildman–Crippen MR) is 92.8 cm³/mol. The van der Waals surface area contributed by atoms with E-state index in [1.807, 2.05) is 38.8 Å². The maximum atomic E-state index is 6.41. The first-order valence-corrected chi connectivity index (χ1v) is 12.1. The molecule has 7 heteroatoms. The van der Waals surface area contributed by atoms with Crippen LogP contribution in [-0.2, 0) is 23.5 Å². The van der Waals surface area contributed by atoms with Crippen LogP contribution < -0.4 is 0 Å². The quantitative estimate of drug-likeness (QED) is 0.569. The van der Waals surface area contributed by atoms with Crippen molar-refractivity contribution in [1.82, 2.24) is 5.06 Å². The summed E-state index contributed by atoms with van der Waals surface area (Å²) in [7, 11) is -1.82. The zero-order valence-electron chi connectivity index (χ0n) is 15.9. The Bertz CT molecular complexity index is 504. The lowest BCUT2D eigenvalue weighted by Gasteiger charge is -2.38. The summed E-state index contributed by atoms with van der Waals surface area (Å²) in [5.74, 6) is -1.21. The fourth-order valence-electron chi connectivity index (χ4n) is 3.77. The molecule has 0 N–H and O–H groups in total. The molecule has 0 aromatic heterocycles. The van der Waals surface area contributed by atoms with Gasteiger partial charge in [0.05, 0.1) is 18.7 Å². The average Bonchev–Trinajstić information content (AvgIpc) is 2.96. The third-order valence-corrected chi connectivity index (χ3v) is 5.22. The minimum atomic E-state index is -1.82. The van der Waals surface area contributed by atoms with Gasteiger partial charge in [-0.3, -0.25) is 0 Å². The van der Waals surface area contributed by atoms with E-state index in [9.17, 15) is 0 Å². The van der Waals surface area contributed by atoms with Crippen molar-refractivity contribution >= 4 is 8.32 Å².